The van der Waals surface area contributed by atoms with Crippen molar-refractivity contribution in [3.63, 3.8) is 0 Å². The van der Waals surface area contributed by atoms with Gasteiger partial charge in [0, 0.05) is 16.3 Å². The van der Waals surface area contributed by atoms with Crippen LogP contribution in [0.25, 0.3) is 11.3 Å². The van der Waals surface area contributed by atoms with E-state index in [-0.39, 0.29) is 0 Å². The molecule has 0 unspecified atom stereocenters. The third-order valence-electron chi connectivity index (χ3n) is 1.99. The van der Waals surface area contributed by atoms with E-state index in [4.69, 9.17) is 35.4 Å². The first-order chi connectivity index (χ1) is 7.16. The number of hydrogen-bond acceptors (Lipinski definition) is 1. The van der Waals surface area contributed by atoms with Crippen molar-refractivity contribution in [3.05, 3.63) is 51.1 Å². The van der Waals surface area contributed by atoms with Crippen LogP contribution in [0.5, 0.6) is 0 Å². The van der Waals surface area contributed by atoms with Crippen molar-refractivity contribution in [1.82, 2.24) is 4.98 Å². The molecule has 4 heteroatoms. The largest absolute Gasteiger partial charge is 0.346 e. The number of nitrogens with one attached hydrogen (secondary N) is 1. The summed E-state index contributed by atoms with van der Waals surface area (Å²) in [4.78, 5) is 3.07. The highest BCUT2D eigenvalue weighted by atomic mass is 35.5. The van der Waals surface area contributed by atoms with Gasteiger partial charge in [0.25, 0.3) is 0 Å². The zero-order chi connectivity index (χ0) is 10.8. The number of H-pyrrole nitrogens is 1. The Labute approximate surface area is 103 Å². The molecule has 0 aliphatic rings. The third kappa shape index (κ3) is 2.40. The molecule has 0 atom stereocenters. The van der Waals surface area contributed by atoms with Crippen molar-refractivity contribution in [1.29, 1.82) is 0 Å². The third-order valence-corrected chi connectivity index (χ3v) is 2.78. The monoisotopic (exact) mass is 255 g/mol. The molecule has 0 fully saturated rings. The molecule has 0 radical (unpaired) electrons. The maximum absolute atomic E-state index is 6.08. The summed E-state index contributed by atoms with van der Waals surface area (Å²) < 4.78 is 0.679. The average Bonchev–Trinajstić information content (AvgIpc) is 2.17. The van der Waals surface area contributed by atoms with Gasteiger partial charge in [-0.1, -0.05) is 41.5 Å². The van der Waals surface area contributed by atoms with Gasteiger partial charge in [-0.15, -0.1) is 0 Å². The zero-order valence-electron chi connectivity index (χ0n) is 7.63. The Hall–Kier alpha value is -0.830. The number of halogens is 2. The number of rotatable bonds is 1. The Bertz CT molecular complexity index is 548. The van der Waals surface area contributed by atoms with Gasteiger partial charge in [0.2, 0.25) is 0 Å². The summed E-state index contributed by atoms with van der Waals surface area (Å²) >= 11 is 16.9. The van der Waals surface area contributed by atoms with E-state index in [1.807, 2.05) is 24.3 Å². The normalized spacial score (nSPS) is 10.3. The number of hydrogen-bond donors (Lipinski definition) is 1. The molecule has 1 nitrogen and oxygen atoms in total. The Balaban J connectivity index is 2.59. The highest BCUT2D eigenvalue weighted by Crippen LogP contribution is 2.28. The second-order valence-electron chi connectivity index (χ2n) is 3.05. The van der Waals surface area contributed by atoms with Gasteiger partial charge in [-0.25, -0.2) is 0 Å². The first-order valence-electron chi connectivity index (χ1n) is 4.31. The summed E-state index contributed by atoms with van der Waals surface area (Å²) in [6.07, 6.45) is 0. The lowest BCUT2D eigenvalue weighted by Gasteiger charge is -2.04. The average molecular weight is 256 g/mol. The van der Waals surface area contributed by atoms with Gasteiger partial charge in [0.15, 0.2) is 0 Å². The molecule has 1 aromatic heterocycles. The molecule has 1 aromatic carbocycles. The van der Waals surface area contributed by atoms with Gasteiger partial charge in [-0.3, -0.25) is 0 Å². The lowest BCUT2D eigenvalue weighted by Crippen LogP contribution is -1.84. The van der Waals surface area contributed by atoms with Crippen LogP contribution in [-0.4, -0.2) is 4.98 Å². The summed E-state index contributed by atoms with van der Waals surface area (Å²) in [5.74, 6) is 0. The minimum Gasteiger partial charge on any atom is -0.346 e. The Morgan fingerprint density at radius 1 is 1.07 bits per heavy atom. The molecule has 0 spiro atoms. The highest BCUT2D eigenvalue weighted by Gasteiger charge is 2.03. The number of pyridine rings is 1. The van der Waals surface area contributed by atoms with E-state index in [0.717, 1.165) is 11.3 Å². The van der Waals surface area contributed by atoms with E-state index in [1.54, 1.807) is 12.1 Å². The fraction of sp³-hybridized carbons (Fsp3) is 0. The van der Waals surface area contributed by atoms with Crippen LogP contribution in [0.3, 0.4) is 0 Å². The number of benzene rings is 1. The molecule has 0 saturated carbocycles. The second kappa shape index (κ2) is 4.35. The van der Waals surface area contributed by atoms with Gasteiger partial charge in [-0.05, 0) is 30.3 Å². The fourth-order valence-corrected chi connectivity index (χ4v) is 2.01. The SMILES string of the molecule is S=c1cccc(-c2ccc(Cl)cc2Cl)[nH]1. The first-order valence-corrected chi connectivity index (χ1v) is 5.48. The predicted molar refractivity (Wildman–Crippen MR) is 67.1 cm³/mol. The molecule has 0 bridgehead atoms. The van der Waals surface area contributed by atoms with Crippen LogP contribution in [0.4, 0.5) is 0 Å². The van der Waals surface area contributed by atoms with Gasteiger partial charge in [-0.2, -0.15) is 0 Å². The molecule has 0 aliphatic carbocycles. The smallest absolute Gasteiger partial charge is 0.103 e. The molecule has 2 aromatic rings. The van der Waals surface area contributed by atoms with Gasteiger partial charge in [0.1, 0.15) is 4.64 Å². The molecule has 0 saturated heterocycles. The van der Waals surface area contributed by atoms with Gasteiger partial charge >= 0.3 is 0 Å². The topological polar surface area (TPSA) is 15.8 Å². The molecule has 2 rings (SSSR count). The standard InChI is InChI=1S/C11H7Cl2NS/c12-7-4-5-8(9(13)6-7)10-2-1-3-11(15)14-10/h1-6H,(H,14,15). The van der Waals surface area contributed by atoms with Crippen LogP contribution in [0, 0.1) is 4.64 Å². The lowest BCUT2D eigenvalue weighted by molar-refractivity contribution is 1.30. The first kappa shape index (κ1) is 10.7. The quantitative estimate of drug-likeness (QED) is 0.730. The molecule has 1 N–H and O–H groups in total. The molecule has 0 aliphatic heterocycles. The molecule has 15 heavy (non-hydrogen) atoms. The second-order valence-corrected chi connectivity index (χ2v) is 4.34. The van der Waals surface area contributed by atoms with Crippen molar-refractivity contribution >= 4 is 35.4 Å². The Kier molecular flexibility index (Phi) is 3.10. The lowest BCUT2D eigenvalue weighted by atomic mass is 10.1. The van der Waals surface area contributed by atoms with E-state index in [0.29, 0.717) is 14.7 Å². The van der Waals surface area contributed by atoms with Gasteiger partial charge < -0.3 is 4.98 Å². The number of aromatic nitrogens is 1. The highest BCUT2D eigenvalue weighted by molar-refractivity contribution is 7.71. The summed E-state index contributed by atoms with van der Waals surface area (Å²) in [5, 5.41) is 1.23. The van der Waals surface area contributed by atoms with Crippen LogP contribution in [0.1, 0.15) is 0 Å². The van der Waals surface area contributed by atoms with Crippen LogP contribution in [-0.2, 0) is 0 Å². The molecule has 76 valence electrons. The minimum absolute atomic E-state index is 0.611. The molecular weight excluding hydrogens is 249 g/mol. The van der Waals surface area contributed by atoms with E-state index < -0.39 is 0 Å². The van der Waals surface area contributed by atoms with E-state index >= 15 is 0 Å². The Morgan fingerprint density at radius 2 is 1.87 bits per heavy atom. The van der Waals surface area contributed by atoms with Crippen molar-refractivity contribution in [2.45, 2.75) is 0 Å². The minimum atomic E-state index is 0.611. The maximum Gasteiger partial charge on any atom is 0.103 e. The Morgan fingerprint density at radius 3 is 2.53 bits per heavy atom. The summed E-state index contributed by atoms with van der Waals surface area (Å²) in [7, 11) is 0. The van der Waals surface area contributed by atoms with Crippen molar-refractivity contribution in [2.24, 2.45) is 0 Å². The van der Waals surface area contributed by atoms with Crippen molar-refractivity contribution in [3.8, 4) is 11.3 Å². The van der Waals surface area contributed by atoms with E-state index in [2.05, 4.69) is 4.98 Å². The van der Waals surface area contributed by atoms with Crippen LogP contribution >= 0.6 is 35.4 Å². The van der Waals surface area contributed by atoms with Crippen molar-refractivity contribution in [2.75, 3.05) is 0 Å². The van der Waals surface area contributed by atoms with Crippen molar-refractivity contribution < 1.29 is 0 Å². The molecule has 1 heterocycles. The summed E-state index contributed by atoms with van der Waals surface area (Å²) in [5.41, 5.74) is 1.79. The fourth-order valence-electron chi connectivity index (χ4n) is 1.31. The van der Waals surface area contributed by atoms with Crippen LogP contribution in [0.15, 0.2) is 36.4 Å². The van der Waals surface area contributed by atoms with E-state index in [1.165, 1.54) is 0 Å². The maximum atomic E-state index is 6.08. The van der Waals surface area contributed by atoms with Crippen LogP contribution < -0.4 is 0 Å². The van der Waals surface area contributed by atoms with E-state index in [9.17, 15) is 0 Å². The van der Waals surface area contributed by atoms with Gasteiger partial charge in [0.05, 0.1) is 5.02 Å². The van der Waals surface area contributed by atoms with Crippen LogP contribution in [0.2, 0.25) is 10.0 Å². The summed E-state index contributed by atoms with van der Waals surface area (Å²) in [6, 6.07) is 11.0. The number of aromatic amines is 1. The summed E-state index contributed by atoms with van der Waals surface area (Å²) in [6.45, 7) is 0. The molecule has 0 amide bonds. The predicted octanol–water partition coefficient (Wildman–Crippen LogP) is 4.72. The molecular formula is C11H7Cl2NS. The zero-order valence-corrected chi connectivity index (χ0v) is 9.96.